The Labute approximate surface area is 136 Å². The third-order valence-corrected chi connectivity index (χ3v) is 3.62. The van der Waals surface area contributed by atoms with Gasteiger partial charge in [0, 0.05) is 37.6 Å². The molecule has 22 heavy (non-hydrogen) atoms. The van der Waals surface area contributed by atoms with E-state index in [4.69, 9.17) is 11.6 Å². The van der Waals surface area contributed by atoms with Crippen LogP contribution >= 0.6 is 11.6 Å². The van der Waals surface area contributed by atoms with Gasteiger partial charge in [0.05, 0.1) is 0 Å². The van der Waals surface area contributed by atoms with Crippen LogP contribution in [0.25, 0.3) is 0 Å². The third-order valence-electron chi connectivity index (χ3n) is 3.39. The zero-order chi connectivity index (χ0) is 15.8. The normalized spacial score (nSPS) is 14.5. The highest BCUT2D eigenvalue weighted by molar-refractivity contribution is 6.30. The summed E-state index contributed by atoms with van der Waals surface area (Å²) in [6.07, 6.45) is 3.60. The summed E-state index contributed by atoms with van der Waals surface area (Å²) in [7, 11) is 1.73. The lowest BCUT2D eigenvalue weighted by atomic mass is 10.2. The van der Waals surface area contributed by atoms with Crippen LogP contribution in [0.15, 0.2) is 29.3 Å². The Morgan fingerprint density at radius 3 is 2.86 bits per heavy atom. The molecule has 6 heteroatoms. The van der Waals surface area contributed by atoms with E-state index in [1.165, 1.54) is 0 Å². The van der Waals surface area contributed by atoms with Crippen molar-refractivity contribution in [2.24, 2.45) is 4.99 Å². The van der Waals surface area contributed by atoms with E-state index in [0.29, 0.717) is 25.6 Å². The van der Waals surface area contributed by atoms with Crippen LogP contribution < -0.4 is 16.0 Å². The molecule has 1 aromatic carbocycles. The van der Waals surface area contributed by atoms with Gasteiger partial charge in [-0.05, 0) is 37.0 Å². The van der Waals surface area contributed by atoms with Crippen molar-refractivity contribution in [1.29, 1.82) is 0 Å². The standard InChI is InChI=1S/C16H23ClN4O/c1-18-16(20-11-12-4-2-5-13(17)10-12)19-9-3-6-15(22)21-14-7-8-14/h2,4-5,10,14H,3,6-9,11H2,1H3,(H,21,22)(H2,18,19,20). The van der Waals surface area contributed by atoms with Crippen LogP contribution in [0.3, 0.4) is 0 Å². The van der Waals surface area contributed by atoms with E-state index < -0.39 is 0 Å². The maximum Gasteiger partial charge on any atom is 0.220 e. The summed E-state index contributed by atoms with van der Waals surface area (Å²) in [6.45, 7) is 1.37. The Morgan fingerprint density at radius 1 is 1.36 bits per heavy atom. The van der Waals surface area contributed by atoms with Crippen molar-refractivity contribution in [3.8, 4) is 0 Å². The first-order chi connectivity index (χ1) is 10.7. The van der Waals surface area contributed by atoms with E-state index in [-0.39, 0.29) is 5.91 Å². The highest BCUT2D eigenvalue weighted by Gasteiger charge is 2.22. The van der Waals surface area contributed by atoms with Crippen LogP contribution in [0.5, 0.6) is 0 Å². The first-order valence-electron chi connectivity index (χ1n) is 7.65. The Balaban J connectivity index is 1.61. The minimum absolute atomic E-state index is 0.145. The molecule has 0 atom stereocenters. The molecule has 0 bridgehead atoms. The summed E-state index contributed by atoms with van der Waals surface area (Å²) in [6, 6.07) is 8.14. The van der Waals surface area contributed by atoms with E-state index in [9.17, 15) is 4.79 Å². The number of hydrogen-bond donors (Lipinski definition) is 3. The second kappa shape index (κ2) is 8.63. The van der Waals surface area contributed by atoms with Crippen molar-refractivity contribution in [3.05, 3.63) is 34.9 Å². The molecule has 0 unspecified atom stereocenters. The number of carbonyl (C=O) groups excluding carboxylic acids is 1. The minimum atomic E-state index is 0.145. The van der Waals surface area contributed by atoms with Crippen LogP contribution in [0, 0.1) is 0 Å². The number of nitrogens with zero attached hydrogens (tertiary/aromatic N) is 1. The molecule has 1 saturated carbocycles. The third kappa shape index (κ3) is 6.35. The number of rotatable bonds is 7. The quantitative estimate of drug-likeness (QED) is 0.409. The molecular formula is C16H23ClN4O. The largest absolute Gasteiger partial charge is 0.356 e. The average Bonchev–Trinajstić information content (AvgIpc) is 3.30. The fourth-order valence-corrected chi connectivity index (χ4v) is 2.25. The van der Waals surface area contributed by atoms with Crippen molar-refractivity contribution in [2.75, 3.05) is 13.6 Å². The summed E-state index contributed by atoms with van der Waals surface area (Å²) in [5.74, 6) is 0.869. The molecule has 0 saturated heterocycles. The monoisotopic (exact) mass is 322 g/mol. The molecule has 2 rings (SSSR count). The molecule has 3 N–H and O–H groups in total. The van der Waals surface area contributed by atoms with Crippen molar-refractivity contribution >= 4 is 23.5 Å². The minimum Gasteiger partial charge on any atom is -0.356 e. The molecular weight excluding hydrogens is 300 g/mol. The lowest BCUT2D eigenvalue weighted by Gasteiger charge is -2.12. The molecule has 0 spiro atoms. The van der Waals surface area contributed by atoms with Crippen molar-refractivity contribution in [3.63, 3.8) is 0 Å². The van der Waals surface area contributed by atoms with Crippen LogP contribution in [0.4, 0.5) is 0 Å². The zero-order valence-electron chi connectivity index (χ0n) is 12.9. The maximum absolute atomic E-state index is 11.6. The van der Waals surface area contributed by atoms with Gasteiger partial charge in [-0.15, -0.1) is 0 Å². The molecule has 1 aliphatic carbocycles. The topological polar surface area (TPSA) is 65.5 Å². The lowest BCUT2D eigenvalue weighted by Crippen LogP contribution is -2.37. The molecule has 1 aromatic rings. The Morgan fingerprint density at radius 2 is 2.18 bits per heavy atom. The smallest absolute Gasteiger partial charge is 0.220 e. The summed E-state index contributed by atoms with van der Waals surface area (Å²) < 4.78 is 0. The van der Waals surface area contributed by atoms with Gasteiger partial charge in [0.1, 0.15) is 0 Å². The first-order valence-corrected chi connectivity index (χ1v) is 8.03. The molecule has 1 amide bonds. The molecule has 0 heterocycles. The van der Waals surface area contributed by atoms with E-state index in [1.807, 2.05) is 24.3 Å². The number of halogens is 1. The summed E-state index contributed by atoms with van der Waals surface area (Å²) >= 11 is 5.95. The molecule has 0 radical (unpaired) electrons. The molecule has 0 aromatic heterocycles. The van der Waals surface area contributed by atoms with E-state index in [2.05, 4.69) is 20.9 Å². The molecule has 5 nitrogen and oxygen atoms in total. The van der Waals surface area contributed by atoms with Gasteiger partial charge < -0.3 is 16.0 Å². The molecule has 120 valence electrons. The zero-order valence-corrected chi connectivity index (χ0v) is 13.6. The number of guanidine groups is 1. The fraction of sp³-hybridized carbons (Fsp3) is 0.500. The highest BCUT2D eigenvalue weighted by atomic mass is 35.5. The van der Waals surface area contributed by atoms with Crippen molar-refractivity contribution in [1.82, 2.24) is 16.0 Å². The molecule has 1 fully saturated rings. The van der Waals surface area contributed by atoms with Crippen molar-refractivity contribution < 1.29 is 4.79 Å². The number of hydrogen-bond acceptors (Lipinski definition) is 2. The predicted molar refractivity (Wildman–Crippen MR) is 90.1 cm³/mol. The fourth-order valence-electron chi connectivity index (χ4n) is 2.04. The summed E-state index contributed by atoms with van der Waals surface area (Å²) in [5, 5.41) is 10.1. The van der Waals surface area contributed by atoms with Crippen LogP contribution in [-0.4, -0.2) is 31.5 Å². The number of benzene rings is 1. The van der Waals surface area contributed by atoms with Gasteiger partial charge in [-0.25, -0.2) is 0 Å². The Kier molecular flexibility index (Phi) is 6.52. The van der Waals surface area contributed by atoms with Crippen LogP contribution in [0.2, 0.25) is 5.02 Å². The van der Waals surface area contributed by atoms with E-state index in [0.717, 1.165) is 35.8 Å². The number of aliphatic imine (C=N–C) groups is 1. The molecule has 1 aliphatic rings. The summed E-state index contributed by atoms with van der Waals surface area (Å²) in [5.41, 5.74) is 1.10. The predicted octanol–water partition coefficient (Wildman–Crippen LogP) is 2.06. The SMILES string of the molecule is CN=C(NCCCC(=O)NC1CC1)NCc1cccc(Cl)c1. The summed E-state index contributed by atoms with van der Waals surface area (Å²) in [4.78, 5) is 15.7. The number of amides is 1. The maximum atomic E-state index is 11.6. The van der Waals surface area contributed by atoms with Gasteiger partial charge >= 0.3 is 0 Å². The Bertz CT molecular complexity index is 529. The highest BCUT2D eigenvalue weighted by Crippen LogP contribution is 2.18. The van der Waals surface area contributed by atoms with E-state index in [1.54, 1.807) is 7.05 Å². The van der Waals surface area contributed by atoms with Crippen LogP contribution in [0.1, 0.15) is 31.2 Å². The Hall–Kier alpha value is -1.75. The number of carbonyl (C=O) groups is 1. The number of nitrogens with one attached hydrogen (secondary N) is 3. The van der Waals surface area contributed by atoms with Gasteiger partial charge in [-0.3, -0.25) is 9.79 Å². The van der Waals surface area contributed by atoms with Crippen molar-refractivity contribution in [2.45, 2.75) is 38.3 Å². The van der Waals surface area contributed by atoms with Crippen LogP contribution in [-0.2, 0) is 11.3 Å². The van der Waals surface area contributed by atoms with Gasteiger partial charge in [0.25, 0.3) is 0 Å². The molecule has 0 aliphatic heterocycles. The van der Waals surface area contributed by atoms with Gasteiger partial charge in [-0.1, -0.05) is 23.7 Å². The van der Waals surface area contributed by atoms with E-state index >= 15 is 0 Å². The van der Waals surface area contributed by atoms with Gasteiger partial charge in [0.15, 0.2) is 5.96 Å². The van der Waals surface area contributed by atoms with Gasteiger partial charge in [0.2, 0.25) is 5.91 Å². The lowest BCUT2D eigenvalue weighted by molar-refractivity contribution is -0.121. The first kappa shape index (κ1) is 16.6. The average molecular weight is 323 g/mol. The van der Waals surface area contributed by atoms with Gasteiger partial charge in [-0.2, -0.15) is 0 Å². The second-order valence-electron chi connectivity index (χ2n) is 5.43. The second-order valence-corrected chi connectivity index (χ2v) is 5.86.